The van der Waals surface area contributed by atoms with E-state index >= 15 is 0 Å². The average Bonchev–Trinajstić information content (AvgIpc) is 3.45. The summed E-state index contributed by atoms with van der Waals surface area (Å²) in [7, 11) is 1.96. The number of carbonyl (C=O) groups excluding carboxylic acids is 6. The molecule has 0 aromatic heterocycles. The molecular formula is C28H42N6O6. The van der Waals surface area contributed by atoms with Crippen molar-refractivity contribution in [2.24, 2.45) is 0 Å². The lowest BCUT2D eigenvalue weighted by molar-refractivity contribution is -0.140. The molecule has 1 aromatic rings. The van der Waals surface area contributed by atoms with Crippen LogP contribution in [0.4, 0.5) is 0 Å². The Morgan fingerprint density at radius 1 is 0.900 bits per heavy atom. The first-order valence-corrected chi connectivity index (χ1v) is 13.8. The molecule has 12 nitrogen and oxygen atoms in total. The first kappa shape index (κ1) is 32.4. The molecule has 3 rings (SSSR count). The summed E-state index contributed by atoms with van der Waals surface area (Å²) in [5.41, 5.74) is 0.481. The van der Waals surface area contributed by atoms with Crippen LogP contribution >= 0.6 is 0 Å². The number of ketones is 1. The van der Waals surface area contributed by atoms with Gasteiger partial charge in [-0.05, 0) is 38.9 Å². The summed E-state index contributed by atoms with van der Waals surface area (Å²) >= 11 is 0. The molecule has 220 valence electrons. The van der Waals surface area contributed by atoms with Gasteiger partial charge in [-0.25, -0.2) is 0 Å². The van der Waals surface area contributed by atoms with E-state index in [0.717, 1.165) is 13.1 Å². The molecule has 0 bridgehead atoms. The fourth-order valence-corrected chi connectivity index (χ4v) is 4.23. The van der Waals surface area contributed by atoms with Crippen LogP contribution in [0.25, 0.3) is 0 Å². The fourth-order valence-electron chi connectivity index (χ4n) is 4.23. The number of amides is 5. The number of rotatable bonds is 9. The van der Waals surface area contributed by atoms with Gasteiger partial charge in [-0.2, -0.15) is 0 Å². The summed E-state index contributed by atoms with van der Waals surface area (Å²) in [6.45, 7) is 7.85. The van der Waals surface area contributed by atoms with Gasteiger partial charge >= 0.3 is 0 Å². The standard InChI is InChI=1S/C25H34N6O6.C3H8/c1-17(28-23(35)19-9-6-10-31(19)25(37)18-7-4-3-5-8-18)22(34)26-15-20(32)24(36)27-16-21(33)30-13-11-29(2)12-14-30;1-3-2/h3-5,7-8,17,19H,6,9-16H2,1-2H3,(H,26,34)(H,27,36)(H,28,35);3H2,1-2H3/t17?,19-;/m1./s1. The number of nitrogens with zero attached hydrogens (tertiary/aromatic N) is 3. The van der Waals surface area contributed by atoms with Gasteiger partial charge in [0.15, 0.2) is 0 Å². The molecule has 1 unspecified atom stereocenters. The van der Waals surface area contributed by atoms with E-state index in [1.807, 2.05) is 7.05 Å². The number of hydrogen-bond donors (Lipinski definition) is 3. The van der Waals surface area contributed by atoms with Crippen molar-refractivity contribution in [1.82, 2.24) is 30.7 Å². The Kier molecular flexibility index (Phi) is 13.2. The normalized spacial score (nSPS) is 17.6. The summed E-state index contributed by atoms with van der Waals surface area (Å²) < 4.78 is 0. The number of Topliss-reactive ketones (excluding diaryl/α,β-unsaturated/α-hetero) is 1. The number of nitrogens with one attached hydrogen (secondary N) is 3. The fraction of sp³-hybridized carbons (Fsp3) is 0.571. The third-order valence-corrected chi connectivity index (χ3v) is 6.52. The molecule has 2 aliphatic heterocycles. The second-order valence-corrected chi connectivity index (χ2v) is 9.97. The van der Waals surface area contributed by atoms with Gasteiger partial charge in [-0.15, -0.1) is 0 Å². The third kappa shape index (κ3) is 9.74. The maximum absolute atomic E-state index is 12.8. The molecule has 2 heterocycles. The van der Waals surface area contributed by atoms with Crippen molar-refractivity contribution in [3.63, 3.8) is 0 Å². The highest BCUT2D eigenvalue weighted by molar-refractivity contribution is 6.37. The predicted molar refractivity (Wildman–Crippen MR) is 149 cm³/mol. The van der Waals surface area contributed by atoms with Gasteiger partial charge in [0.2, 0.25) is 23.5 Å². The summed E-state index contributed by atoms with van der Waals surface area (Å²) in [4.78, 5) is 79.5. The van der Waals surface area contributed by atoms with Crippen LogP contribution in [-0.4, -0.2) is 115 Å². The van der Waals surface area contributed by atoms with E-state index < -0.39 is 42.1 Å². The highest BCUT2D eigenvalue weighted by Crippen LogP contribution is 2.20. The van der Waals surface area contributed by atoms with Crippen molar-refractivity contribution in [1.29, 1.82) is 0 Å². The van der Waals surface area contributed by atoms with Crippen LogP contribution in [0.15, 0.2) is 30.3 Å². The lowest BCUT2D eigenvalue weighted by Crippen LogP contribution is -2.53. The third-order valence-electron chi connectivity index (χ3n) is 6.52. The molecule has 2 atom stereocenters. The Balaban J connectivity index is 0.00000178. The zero-order chi connectivity index (χ0) is 29.7. The highest BCUT2D eigenvalue weighted by Gasteiger charge is 2.35. The molecule has 5 amide bonds. The van der Waals surface area contributed by atoms with Crippen LogP contribution in [0.2, 0.25) is 0 Å². The molecule has 2 saturated heterocycles. The maximum atomic E-state index is 12.8. The molecule has 1 aromatic carbocycles. The molecule has 12 heteroatoms. The van der Waals surface area contributed by atoms with Gasteiger partial charge in [-0.1, -0.05) is 38.5 Å². The number of piperazine rings is 1. The Hall–Kier alpha value is -3.80. The molecule has 2 aliphatic rings. The van der Waals surface area contributed by atoms with Crippen molar-refractivity contribution in [2.45, 2.75) is 52.1 Å². The van der Waals surface area contributed by atoms with Gasteiger partial charge < -0.3 is 30.7 Å². The van der Waals surface area contributed by atoms with E-state index in [-0.39, 0.29) is 18.4 Å². The molecule has 0 aliphatic carbocycles. The first-order valence-electron chi connectivity index (χ1n) is 13.8. The van der Waals surface area contributed by atoms with E-state index in [1.165, 1.54) is 18.2 Å². The molecule has 2 fully saturated rings. The zero-order valence-corrected chi connectivity index (χ0v) is 23.9. The van der Waals surface area contributed by atoms with E-state index in [0.29, 0.717) is 38.0 Å². The van der Waals surface area contributed by atoms with E-state index in [1.54, 1.807) is 35.2 Å². The van der Waals surface area contributed by atoms with Crippen molar-refractivity contribution in [2.75, 3.05) is 52.9 Å². The average molecular weight is 559 g/mol. The quantitative estimate of drug-likeness (QED) is 0.355. The highest BCUT2D eigenvalue weighted by atomic mass is 16.2. The van der Waals surface area contributed by atoms with Crippen LogP contribution in [0.3, 0.4) is 0 Å². The molecule has 0 spiro atoms. The monoisotopic (exact) mass is 558 g/mol. The van der Waals surface area contributed by atoms with Gasteiger partial charge in [-0.3, -0.25) is 28.8 Å². The van der Waals surface area contributed by atoms with Crippen molar-refractivity contribution < 1.29 is 28.8 Å². The Labute approximate surface area is 235 Å². The van der Waals surface area contributed by atoms with Crippen LogP contribution in [-0.2, 0) is 24.0 Å². The summed E-state index contributed by atoms with van der Waals surface area (Å²) in [5, 5.41) is 7.20. The Bertz CT molecular complexity index is 1040. The number of benzene rings is 1. The first-order chi connectivity index (χ1) is 19.1. The van der Waals surface area contributed by atoms with Crippen LogP contribution in [0, 0.1) is 0 Å². The second kappa shape index (κ2) is 16.3. The molecule has 0 saturated carbocycles. The number of carbonyl (C=O) groups is 6. The van der Waals surface area contributed by atoms with Crippen molar-refractivity contribution in [3.05, 3.63) is 35.9 Å². The summed E-state index contributed by atoms with van der Waals surface area (Å²) in [6.07, 6.45) is 2.39. The van der Waals surface area contributed by atoms with Crippen molar-refractivity contribution in [3.8, 4) is 0 Å². The van der Waals surface area contributed by atoms with Crippen LogP contribution in [0.5, 0.6) is 0 Å². The second-order valence-electron chi connectivity index (χ2n) is 9.97. The van der Waals surface area contributed by atoms with Crippen molar-refractivity contribution >= 4 is 35.3 Å². The largest absolute Gasteiger partial charge is 0.347 e. The zero-order valence-electron chi connectivity index (χ0n) is 23.9. The predicted octanol–water partition coefficient (Wildman–Crippen LogP) is -0.212. The van der Waals surface area contributed by atoms with E-state index in [4.69, 9.17) is 0 Å². The van der Waals surface area contributed by atoms with Gasteiger partial charge in [0.05, 0.1) is 13.1 Å². The van der Waals surface area contributed by atoms with Crippen LogP contribution < -0.4 is 16.0 Å². The minimum absolute atomic E-state index is 0.252. The summed E-state index contributed by atoms with van der Waals surface area (Å²) in [5.74, 6) is -3.52. The lowest BCUT2D eigenvalue weighted by Gasteiger charge is -2.32. The minimum Gasteiger partial charge on any atom is -0.347 e. The van der Waals surface area contributed by atoms with E-state index in [2.05, 4.69) is 34.7 Å². The summed E-state index contributed by atoms with van der Waals surface area (Å²) in [6, 6.07) is 6.97. The SMILES string of the molecule is CC(NC(=O)[C@H]1CCCN1C(=O)c1ccccc1)C(=O)NCC(=O)C(=O)NCC(=O)N1CCN(C)CC1.CCC. The topological polar surface area (TPSA) is 148 Å². The van der Waals surface area contributed by atoms with Gasteiger partial charge in [0.25, 0.3) is 11.8 Å². The molecule has 3 N–H and O–H groups in total. The van der Waals surface area contributed by atoms with E-state index in [9.17, 15) is 28.8 Å². The molecular weight excluding hydrogens is 516 g/mol. The Morgan fingerprint density at radius 3 is 2.15 bits per heavy atom. The lowest BCUT2D eigenvalue weighted by atomic mass is 10.1. The number of likely N-dealkylation sites (tertiary alicyclic amines) is 1. The molecule has 0 radical (unpaired) electrons. The van der Waals surface area contributed by atoms with Gasteiger partial charge in [0.1, 0.15) is 12.1 Å². The number of likely N-dealkylation sites (N-methyl/N-ethyl adjacent to an activating group) is 1. The smallest absolute Gasteiger partial charge is 0.289 e. The van der Waals surface area contributed by atoms with Gasteiger partial charge in [0, 0.05) is 38.3 Å². The van der Waals surface area contributed by atoms with Crippen LogP contribution in [0.1, 0.15) is 50.4 Å². The minimum atomic E-state index is -0.989. The number of hydrogen-bond acceptors (Lipinski definition) is 7. The Morgan fingerprint density at radius 2 is 1.52 bits per heavy atom. The molecule has 40 heavy (non-hydrogen) atoms. The maximum Gasteiger partial charge on any atom is 0.289 e.